The number of ether oxygens (including phenoxy) is 1. The number of carbonyl (C=O) groups excluding carboxylic acids is 1. The molecule has 2 rings (SSSR count). The van der Waals surface area contributed by atoms with Gasteiger partial charge in [0.05, 0.1) is 11.9 Å². The van der Waals surface area contributed by atoms with Crippen molar-refractivity contribution in [1.82, 2.24) is 0 Å². The number of methoxy groups -OCH3 is 1. The molecule has 6 nitrogen and oxygen atoms in total. The zero-order valence-corrected chi connectivity index (χ0v) is 12.4. The van der Waals surface area contributed by atoms with Crippen molar-refractivity contribution in [2.75, 3.05) is 36.1 Å². The van der Waals surface area contributed by atoms with E-state index in [1.54, 1.807) is 12.1 Å². The number of rotatable bonds is 4. The predicted molar refractivity (Wildman–Crippen MR) is 77.5 cm³/mol. The molecule has 7 heteroatoms. The highest BCUT2D eigenvalue weighted by Crippen LogP contribution is 2.31. The Labute approximate surface area is 118 Å². The van der Waals surface area contributed by atoms with Crippen molar-refractivity contribution in [1.29, 1.82) is 0 Å². The van der Waals surface area contributed by atoms with Gasteiger partial charge in [-0.3, -0.25) is 9.10 Å². The van der Waals surface area contributed by atoms with Crippen LogP contribution in [0.2, 0.25) is 0 Å². The molecule has 1 N–H and O–H groups in total. The van der Waals surface area contributed by atoms with Crippen LogP contribution < -0.4 is 9.62 Å². The molecule has 0 atom stereocenters. The lowest BCUT2D eigenvalue weighted by Crippen LogP contribution is -2.34. The van der Waals surface area contributed by atoms with Gasteiger partial charge in [0.2, 0.25) is 15.9 Å². The third-order valence-corrected chi connectivity index (χ3v) is 4.29. The summed E-state index contributed by atoms with van der Waals surface area (Å²) in [7, 11) is -1.80. The number of nitrogens with one attached hydrogen (secondary N) is 1. The molecule has 0 fully saturated rings. The van der Waals surface area contributed by atoms with Crippen LogP contribution in [0, 0.1) is 0 Å². The Morgan fingerprint density at radius 3 is 2.85 bits per heavy atom. The second-order valence-corrected chi connectivity index (χ2v) is 6.67. The molecule has 0 saturated carbocycles. The number of nitrogens with zero attached hydrogens (tertiary/aromatic N) is 1. The highest BCUT2D eigenvalue weighted by atomic mass is 32.2. The van der Waals surface area contributed by atoms with Gasteiger partial charge in [-0.15, -0.1) is 0 Å². The molecule has 0 unspecified atom stereocenters. The Kier molecular flexibility index (Phi) is 4.29. The minimum Gasteiger partial charge on any atom is -0.375 e. The van der Waals surface area contributed by atoms with Crippen molar-refractivity contribution < 1.29 is 17.9 Å². The molecule has 110 valence electrons. The van der Waals surface area contributed by atoms with E-state index in [1.165, 1.54) is 17.7 Å². The number of benzene rings is 1. The van der Waals surface area contributed by atoms with Crippen LogP contribution >= 0.6 is 0 Å². The summed E-state index contributed by atoms with van der Waals surface area (Å²) in [5.41, 5.74) is 2.28. The van der Waals surface area contributed by atoms with Crippen LogP contribution in [0.15, 0.2) is 18.2 Å². The summed E-state index contributed by atoms with van der Waals surface area (Å²) < 4.78 is 29.6. The molecule has 1 heterocycles. The van der Waals surface area contributed by atoms with Crippen molar-refractivity contribution in [3.63, 3.8) is 0 Å². The molecule has 1 aromatic carbocycles. The predicted octanol–water partition coefficient (Wildman–Crippen LogP) is 0.984. The maximum absolute atomic E-state index is 11.7. The monoisotopic (exact) mass is 298 g/mol. The molecular weight excluding hydrogens is 280 g/mol. The molecule has 1 amide bonds. The molecule has 1 aliphatic rings. The second kappa shape index (κ2) is 5.80. The first-order valence-corrected chi connectivity index (χ1v) is 8.16. The molecule has 0 aliphatic carbocycles. The Balaban J connectivity index is 2.26. The molecule has 20 heavy (non-hydrogen) atoms. The van der Waals surface area contributed by atoms with E-state index in [-0.39, 0.29) is 12.5 Å². The largest absolute Gasteiger partial charge is 0.375 e. The van der Waals surface area contributed by atoms with E-state index in [1.807, 2.05) is 6.07 Å². The lowest BCUT2D eigenvalue weighted by molar-refractivity contribution is -0.119. The second-order valence-electron chi connectivity index (χ2n) is 4.76. The van der Waals surface area contributed by atoms with Crippen molar-refractivity contribution >= 4 is 27.3 Å². The van der Waals surface area contributed by atoms with Crippen LogP contribution in [0.1, 0.15) is 12.0 Å². The molecular formula is C13H18N2O4S. The van der Waals surface area contributed by atoms with Gasteiger partial charge in [0.1, 0.15) is 6.61 Å². The summed E-state index contributed by atoms with van der Waals surface area (Å²) in [4.78, 5) is 11.5. The highest BCUT2D eigenvalue weighted by Gasteiger charge is 2.24. The van der Waals surface area contributed by atoms with E-state index in [9.17, 15) is 13.2 Å². The fourth-order valence-corrected chi connectivity index (χ4v) is 3.31. The topological polar surface area (TPSA) is 75.7 Å². The SMILES string of the molecule is COCC(=O)Nc1ccc2c(c1)CCCN2S(C)(=O)=O. The van der Waals surface area contributed by atoms with E-state index in [2.05, 4.69) is 5.32 Å². The Morgan fingerprint density at radius 1 is 1.45 bits per heavy atom. The van der Waals surface area contributed by atoms with Crippen molar-refractivity contribution in [2.24, 2.45) is 0 Å². The van der Waals surface area contributed by atoms with E-state index < -0.39 is 10.0 Å². The van der Waals surface area contributed by atoms with Crippen molar-refractivity contribution in [3.05, 3.63) is 23.8 Å². The number of aryl methyl sites for hydroxylation is 1. The first-order chi connectivity index (χ1) is 9.41. The maximum atomic E-state index is 11.7. The maximum Gasteiger partial charge on any atom is 0.250 e. The van der Waals surface area contributed by atoms with Gasteiger partial charge < -0.3 is 10.1 Å². The smallest absolute Gasteiger partial charge is 0.250 e. The van der Waals surface area contributed by atoms with E-state index in [4.69, 9.17) is 4.74 Å². The van der Waals surface area contributed by atoms with Gasteiger partial charge in [-0.25, -0.2) is 8.42 Å². The zero-order chi connectivity index (χ0) is 14.8. The highest BCUT2D eigenvalue weighted by molar-refractivity contribution is 7.92. The minimum absolute atomic E-state index is 0.00739. The quantitative estimate of drug-likeness (QED) is 0.899. The molecule has 1 aromatic rings. The number of carbonyl (C=O) groups is 1. The number of hydrogen-bond acceptors (Lipinski definition) is 4. The van der Waals surface area contributed by atoms with Gasteiger partial charge in [0, 0.05) is 19.3 Å². The summed E-state index contributed by atoms with van der Waals surface area (Å²) >= 11 is 0. The first kappa shape index (κ1) is 14.8. The zero-order valence-electron chi connectivity index (χ0n) is 11.5. The van der Waals surface area contributed by atoms with Gasteiger partial charge in [-0.1, -0.05) is 0 Å². The lowest BCUT2D eigenvalue weighted by atomic mass is 10.0. The van der Waals surface area contributed by atoms with Crippen LogP contribution in [0.4, 0.5) is 11.4 Å². The van der Waals surface area contributed by atoms with Crippen LogP contribution in [-0.4, -0.2) is 40.8 Å². The number of sulfonamides is 1. The third-order valence-electron chi connectivity index (χ3n) is 3.12. The van der Waals surface area contributed by atoms with Gasteiger partial charge >= 0.3 is 0 Å². The van der Waals surface area contributed by atoms with Crippen molar-refractivity contribution in [3.8, 4) is 0 Å². The average Bonchev–Trinajstić information content (AvgIpc) is 2.37. The Morgan fingerprint density at radius 2 is 2.20 bits per heavy atom. The molecule has 0 saturated heterocycles. The number of anilines is 2. The van der Waals surface area contributed by atoms with Crippen molar-refractivity contribution in [2.45, 2.75) is 12.8 Å². The molecule has 0 radical (unpaired) electrons. The summed E-state index contributed by atoms with van der Waals surface area (Å²) in [6.45, 7) is 0.494. The summed E-state index contributed by atoms with van der Waals surface area (Å²) in [6, 6.07) is 5.26. The Hall–Kier alpha value is -1.60. The van der Waals surface area contributed by atoms with Gasteiger partial charge in [0.25, 0.3) is 0 Å². The van der Waals surface area contributed by atoms with E-state index in [0.717, 1.165) is 18.4 Å². The minimum atomic E-state index is -3.26. The standard InChI is InChI=1S/C13H18N2O4S/c1-19-9-13(16)14-11-5-6-12-10(8-11)4-3-7-15(12)20(2,17)18/h5-6,8H,3-4,7,9H2,1-2H3,(H,14,16). The van der Waals surface area contributed by atoms with E-state index >= 15 is 0 Å². The Bertz CT molecular complexity index is 613. The fraction of sp³-hybridized carbons (Fsp3) is 0.462. The average molecular weight is 298 g/mol. The van der Waals surface area contributed by atoms with Gasteiger partial charge in [-0.05, 0) is 36.6 Å². The summed E-state index contributed by atoms with van der Waals surface area (Å²) in [5, 5.41) is 2.71. The molecule has 0 spiro atoms. The first-order valence-electron chi connectivity index (χ1n) is 6.31. The lowest BCUT2D eigenvalue weighted by Gasteiger charge is -2.29. The van der Waals surface area contributed by atoms with Crippen LogP contribution in [-0.2, 0) is 26.0 Å². The van der Waals surface area contributed by atoms with Gasteiger partial charge in [0.15, 0.2) is 0 Å². The molecule has 0 bridgehead atoms. The fourth-order valence-electron chi connectivity index (χ4n) is 2.31. The third kappa shape index (κ3) is 3.29. The van der Waals surface area contributed by atoms with Crippen LogP contribution in [0.25, 0.3) is 0 Å². The van der Waals surface area contributed by atoms with Gasteiger partial charge in [-0.2, -0.15) is 0 Å². The summed E-state index contributed by atoms with van der Waals surface area (Å²) in [6.07, 6.45) is 2.78. The summed E-state index contributed by atoms with van der Waals surface area (Å²) in [5.74, 6) is -0.233. The number of fused-ring (bicyclic) bond motifs is 1. The van der Waals surface area contributed by atoms with Crippen LogP contribution in [0.3, 0.4) is 0 Å². The van der Waals surface area contributed by atoms with E-state index in [0.29, 0.717) is 17.9 Å². The normalized spacial score (nSPS) is 14.8. The molecule has 1 aliphatic heterocycles. The number of amides is 1. The molecule has 0 aromatic heterocycles. The number of hydrogen-bond donors (Lipinski definition) is 1. The van der Waals surface area contributed by atoms with Crippen LogP contribution in [0.5, 0.6) is 0 Å².